The second-order valence-corrected chi connectivity index (χ2v) is 6.05. The van der Waals surface area contributed by atoms with E-state index in [4.69, 9.17) is 32.7 Å². The Labute approximate surface area is 160 Å². The van der Waals surface area contributed by atoms with E-state index in [0.717, 1.165) is 0 Å². The maximum Gasteiger partial charge on any atom is 0.344 e. The van der Waals surface area contributed by atoms with Crippen LogP contribution >= 0.6 is 23.2 Å². The van der Waals surface area contributed by atoms with Crippen LogP contribution in [-0.4, -0.2) is 30.9 Å². The van der Waals surface area contributed by atoms with E-state index in [9.17, 15) is 14.4 Å². The zero-order valence-electron chi connectivity index (χ0n) is 13.8. The fourth-order valence-electron chi connectivity index (χ4n) is 1.89. The molecule has 0 spiro atoms. The first-order chi connectivity index (χ1) is 12.3. The van der Waals surface area contributed by atoms with Crippen molar-refractivity contribution in [3.8, 4) is 5.75 Å². The Hall–Kier alpha value is -2.57. The molecule has 0 aliphatic rings. The molecule has 0 aromatic heterocycles. The number of nitrogens with one attached hydrogen (secondary N) is 1. The molecule has 8 heteroatoms. The molecule has 0 atom stereocenters. The van der Waals surface area contributed by atoms with Gasteiger partial charge in [-0.3, -0.25) is 9.59 Å². The highest BCUT2D eigenvalue weighted by Gasteiger charge is 2.11. The molecular weight excluding hydrogens is 381 g/mol. The Bertz CT molecular complexity index is 821. The van der Waals surface area contributed by atoms with Gasteiger partial charge in [-0.2, -0.15) is 0 Å². The molecule has 2 aromatic carbocycles. The second kappa shape index (κ2) is 9.22. The summed E-state index contributed by atoms with van der Waals surface area (Å²) in [6, 6.07) is 10.9. The number of hydrogen-bond donors (Lipinski definition) is 1. The number of halogens is 2. The van der Waals surface area contributed by atoms with E-state index in [-0.39, 0.29) is 17.4 Å². The molecule has 0 radical (unpaired) electrons. The zero-order valence-corrected chi connectivity index (χ0v) is 15.3. The summed E-state index contributed by atoms with van der Waals surface area (Å²) in [5.74, 6) is -0.918. The first-order valence-corrected chi connectivity index (χ1v) is 8.25. The van der Waals surface area contributed by atoms with Crippen LogP contribution in [0.25, 0.3) is 0 Å². The van der Waals surface area contributed by atoms with Gasteiger partial charge in [0.2, 0.25) is 0 Å². The van der Waals surface area contributed by atoms with Gasteiger partial charge in [-0.05, 0) is 49.4 Å². The van der Waals surface area contributed by atoms with Gasteiger partial charge in [-0.1, -0.05) is 23.2 Å². The van der Waals surface area contributed by atoms with Crippen LogP contribution in [0.5, 0.6) is 5.75 Å². The van der Waals surface area contributed by atoms with E-state index in [1.807, 2.05) is 0 Å². The molecule has 0 unspecified atom stereocenters. The Morgan fingerprint density at radius 1 is 1.00 bits per heavy atom. The standard InChI is InChI=1S/C18H15Cl2NO5/c1-11(22)12-2-5-14(6-3-12)25-10-18(24)26-9-17(23)21-16-7-4-13(19)8-15(16)20/h2-8H,9-10H2,1H3,(H,21,23). The molecule has 26 heavy (non-hydrogen) atoms. The first kappa shape index (κ1) is 19.8. The fraction of sp³-hybridized carbons (Fsp3) is 0.167. The minimum absolute atomic E-state index is 0.0669. The summed E-state index contributed by atoms with van der Waals surface area (Å²) >= 11 is 11.7. The van der Waals surface area contributed by atoms with Crippen LogP contribution in [0.2, 0.25) is 10.0 Å². The number of ether oxygens (including phenoxy) is 2. The number of benzene rings is 2. The molecule has 0 heterocycles. The van der Waals surface area contributed by atoms with Crippen LogP contribution in [0.15, 0.2) is 42.5 Å². The quantitative estimate of drug-likeness (QED) is 0.570. The number of esters is 1. The van der Waals surface area contributed by atoms with Crippen molar-refractivity contribution in [2.24, 2.45) is 0 Å². The monoisotopic (exact) mass is 395 g/mol. The molecule has 136 valence electrons. The highest BCUT2D eigenvalue weighted by Crippen LogP contribution is 2.25. The van der Waals surface area contributed by atoms with Gasteiger partial charge >= 0.3 is 5.97 Å². The number of ketones is 1. The van der Waals surface area contributed by atoms with E-state index in [1.54, 1.807) is 30.3 Å². The van der Waals surface area contributed by atoms with Gasteiger partial charge in [0.15, 0.2) is 19.0 Å². The van der Waals surface area contributed by atoms with Gasteiger partial charge in [0, 0.05) is 10.6 Å². The number of Topliss-reactive ketones (excluding diaryl/α,β-unsaturated/α-hetero) is 1. The molecule has 2 rings (SSSR count). The molecule has 0 aliphatic heterocycles. The average Bonchev–Trinajstić information content (AvgIpc) is 2.61. The molecular formula is C18H15Cl2NO5. The Morgan fingerprint density at radius 2 is 1.69 bits per heavy atom. The summed E-state index contributed by atoms with van der Waals surface area (Å²) in [6.45, 7) is 0.605. The van der Waals surface area contributed by atoms with E-state index in [2.05, 4.69) is 5.32 Å². The Kier molecular flexibility index (Phi) is 7.00. The van der Waals surface area contributed by atoms with Crippen LogP contribution in [0.3, 0.4) is 0 Å². The van der Waals surface area contributed by atoms with E-state index in [0.29, 0.717) is 22.0 Å². The van der Waals surface area contributed by atoms with Crippen molar-refractivity contribution < 1.29 is 23.9 Å². The summed E-state index contributed by atoms with van der Waals surface area (Å²) in [6.07, 6.45) is 0. The smallest absolute Gasteiger partial charge is 0.344 e. The van der Waals surface area contributed by atoms with Gasteiger partial charge in [0.1, 0.15) is 5.75 Å². The number of hydrogen-bond acceptors (Lipinski definition) is 5. The lowest BCUT2D eigenvalue weighted by molar-refractivity contribution is -0.149. The predicted octanol–water partition coefficient (Wildman–Crippen LogP) is 3.76. The lowest BCUT2D eigenvalue weighted by atomic mass is 10.1. The molecule has 0 saturated heterocycles. The summed E-state index contributed by atoms with van der Waals surface area (Å²) in [5.41, 5.74) is 0.899. The van der Waals surface area contributed by atoms with Crippen molar-refractivity contribution in [2.45, 2.75) is 6.92 Å². The molecule has 6 nitrogen and oxygen atoms in total. The van der Waals surface area contributed by atoms with Crippen LogP contribution in [0, 0.1) is 0 Å². The van der Waals surface area contributed by atoms with Crippen LogP contribution in [0.1, 0.15) is 17.3 Å². The maximum atomic E-state index is 11.8. The van der Waals surface area contributed by atoms with E-state index >= 15 is 0 Å². The summed E-state index contributed by atoms with van der Waals surface area (Å²) in [5, 5.41) is 3.21. The van der Waals surface area contributed by atoms with Crippen LogP contribution in [0.4, 0.5) is 5.69 Å². The lowest BCUT2D eigenvalue weighted by Crippen LogP contribution is -2.23. The van der Waals surface area contributed by atoms with Gasteiger partial charge in [-0.15, -0.1) is 0 Å². The molecule has 1 amide bonds. The van der Waals surface area contributed by atoms with Crippen molar-refractivity contribution in [1.82, 2.24) is 0 Å². The van der Waals surface area contributed by atoms with Gasteiger partial charge < -0.3 is 14.8 Å². The molecule has 1 N–H and O–H groups in total. The largest absolute Gasteiger partial charge is 0.482 e. The third-order valence-corrected chi connectivity index (χ3v) is 3.73. The number of carbonyl (C=O) groups is 3. The molecule has 0 bridgehead atoms. The highest BCUT2D eigenvalue weighted by molar-refractivity contribution is 6.36. The van der Waals surface area contributed by atoms with Crippen molar-refractivity contribution >= 4 is 46.5 Å². The van der Waals surface area contributed by atoms with Crippen molar-refractivity contribution in [3.05, 3.63) is 58.1 Å². The minimum Gasteiger partial charge on any atom is -0.482 e. The normalized spacial score (nSPS) is 10.1. The number of anilines is 1. The van der Waals surface area contributed by atoms with Crippen molar-refractivity contribution in [3.63, 3.8) is 0 Å². The molecule has 0 saturated carbocycles. The fourth-order valence-corrected chi connectivity index (χ4v) is 2.35. The summed E-state index contributed by atoms with van der Waals surface area (Å²) in [7, 11) is 0. The van der Waals surface area contributed by atoms with Crippen molar-refractivity contribution in [2.75, 3.05) is 18.5 Å². The second-order valence-electron chi connectivity index (χ2n) is 5.20. The third kappa shape index (κ3) is 6.06. The average molecular weight is 396 g/mol. The Morgan fingerprint density at radius 3 is 2.31 bits per heavy atom. The van der Waals surface area contributed by atoms with Gasteiger partial charge in [0.05, 0.1) is 10.7 Å². The van der Waals surface area contributed by atoms with Gasteiger partial charge in [0.25, 0.3) is 5.91 Å². The topological polar surface area (TPSA) is 81.7 Å². The van der Waals surface area contributed by atoms with E-state index < -0.39 is 18.5 Å². The minimum atomic E-state index is -0.710. The van der Waals surface area contributed by atoms with Crippen LogP contribution in [-0.2, 0) is 14.3 Å². The Balaban J connectivity index is 1.75. The number of amides is 1. The number of rotatable bonds is 7. The maximum absolute atomic E-state index is 11.8. The SMILES string of the molecule is CC(=O)c1ccc(OCC(=O)OCC(=O)Nc2ccc(Cl)cc2Cl)cc1. The van der Waals surface area contributed by atoms with Gasteiger partial charge in [-0.25, -0.2) is 4.79 Å². The van der Waals surface area contributed by atoms with E-state index in [1.165, 1.54) is 19.1 Å². The number of carbonyl (C=O) groups excluding carboxylic acids is 3. The lowest BCUT2D eigenvalue weighted by Gasteiger charge is -2.09. The first-order valence-electron chi connectivity index (χ1n) is 7.49. The van der Waals surface area contributed by atoms with Crippen molar-refractivity contribution in [1.29, 1.82) is 0 Å². The summed E-state index contributed by atoms with van der Waals surface area (Å²) < 4.78 is 10.1. The third-order valence-electron chi connectivity index (χ3n) is 3.19. The highest BCUT2D eigenvalue weighted by atomic mass is 35.5. The zero-order chi connectivity index (χ0) is 19.1. The molecule has 0 aliphatic carbocycles. The summed E-state index contributed by atoms with van der Waals surface area (Å²) in [4.78, 5) is 34.6. The molecule has 2 aromatic rings. The van der Waals surface area contributed by atoms with Crippen LogP contribution < -0.4 is 10.1 Å². The molecule has 0 fully saturated rings. The predicted molar refractivity (Wildman–Crippen MR) is 98.0 cm³/mol.